The number of hydrogen-bond acceptors (Lipinski definition) is 2. The van der Waals surface area contributed by atoms with Gasteiger partial charge in [-0.2, -0.15) is 5.26 Å². The van der Waals surface area contributed by atoms with E-state index >= 15 is 0 Å². The summed E-state index contributed by atoms with van der Waals surface area (Å²) in [5.41, 5.74) is 7.01. The minimum absolute atomic E-state index is 0.0285. The van der Waals surface area contributed by atoms with Crippen LogP contribution >= 0.6 is 0 Å². The van der Waals surface area contributed by atoms with Gasteiger partial charge in [0.1, 0.15) is 11.6 Å². The maximum atomic E-state index is 10.8. The fourth-order valence-corrected chi connectivity index (χ4v) is 1.17. The average Bonchev–Trinajstić information content (AvgIpc) is 2.26. The molecule has 0 bridgehead atoms. The van der Waals surface area contributed by atoms with Gasteiger partial charge in [0.15, 0.2) is 0 Å². The first-order chi connectivity index (χ1) is 7.17. The Balaban J connectivity index is 2.98. The van der Waals surface area contributed by atoms with Crippen LogP contribution in [-0.2, 0) is 11.2 Å². The molecule has 0 heterocycles. The molecule has 0 radical (unpaired) electrons. The van der Waals surface area contributed by atoms with Crippen molar-refractivity contribution in [2.24, 2.45) is 5.73 Å². The van der Waals surface area contributed by atoms with E-state index in [0.29, 0.717) is 0 Å². The number of aryl methyl sites for hydroxylation is 1. The highest BCUT2D eigenvalue weighted by Crippen LogP contribution is 2.09. The monoisotopic (exact) mass is 200 g/mol. The topological polar surface area (TPSA) is 66.9 Å². The van der Waals surface area contributed by atoms with E-state index in [4.69, 9.17) is 11.0 Å². The first-order valence-electron chi connectivity index (χ1n) is 4.68. The van der Waals surface area contributed by atoms with E-state index in [1.165, 1.54) is 11.6 Å². The molecule has 0 saturated carbocycles. The minimum Gasteiger partial charge on any atom is -0.365 e. The smallest absolute Gasteiger partial charge is 0.259 e. The van der Waals surface area contributed by atoms with Gasteiger partial charge < -0.3 is 5.73 Å². The van der Waals surface area contributed by atoms with Crippen molar-refractivity contribution in [1.82, 2.24) is 0 Å². The number of nitrogens with zero attached hydrogens (tertiary/aromatic N) is 1. The van der Waals surface area contributed by atoms with Crippen LogP contribution in [0.2, 0.25) is 0 Å². The number of nitrogens with two attached hydrogens (primary N) is 1. The predicted octanol–water partition coefficient (Wildman–Crippen LogP) is 1.64. The Kier molecular flexibility index (Phi) is 3.64. The second kappa shape index (κ2) is 4.97. The van der Waals surface area contributed by atoms with Gasteiger partial charge in [0.2, 0.25) is 0 Å². The van der Waals surface area contributed by atoms with E-state index in [0.717, 1.165) is 12.0 Å². The molecule has 1 rings (SSSR count). The molecule has 0 atom stereocenters. The fourth-order valence-electron chi connectivity index (χ4n) is 1.17. The molecule has 0 unspecified atom stereocenters. The highest BCUT2D eigenvalue weighted by atomic mass is 16.1. The molecule has 0 saturated heterocycles. The third kappa shape index (κ3) is 2.96. The predicted molar refractivity (Wildman–Crippen MR) is 58.6 cm³/mol. The molecule has 15 heavy (non-hydrogen) atoms. The molecule has 0 fully saturated rings. The number of carbonyl (C=O) groups is 1. The Hall–Kier alpha value is -2.08. The van der Waals surface area contributed by atoms with Gasteiger partial charge in [-0.1, -0.05) is 31.2 Å². The maximum absolute atomic E-state index is 10.8. The van der Waals surface area contributed by atoms with Crippen LogP contribution < -0.4 is 5.73 Å². The van der Waals surface area contributed by atoms with Crippen molar-refractivity contribution in [3.63, 3.8) is 0 Å². The van der Waals surface area contributed by atoms with Crippen LogP contribution in [0.25, 0.3) is 6.08 Å². The van der Waals surface area contributed by atoms with Crippen LogP contribution in [0.15, 0.2) is 29.8 Å². The summed E-state index contributed by atoms with van der Waals surface area (Å²) in [5.74, 6) is -0.697. The molecule has 0 aliphatic heterocycles. The lowest BCUT2D eigenvalue weighted by Gasteiger charge is -1.97. The average molecular weight is 200 g/mol. The van der Waals surface area contributed by atoms with E-state index < -0.39 is 5.91 Å². The molecule has 0 spiro atoms. The van der Waals surface area contributed by atoms with Crippen LogP contribution in [0.4, 0.5) is 0 Å². The van der Waals surface area contributed by atoms with Gasteiger partial charge in [0, 0.05) is 0 Å². The lowest BCUT2D eigenvalue weighted by atomic mass is 10.1. The zero-order valence-electron chi connectivity index (χ0n) is 8.53. The fraction of sp³-hybridized carbons (Fsp3) is 0.167. The van der Waals surface area contributed by atoms with Gasteiger partial charge in [0.05, 0.1) is 0 Å². The number of amides is 1. The van der Waals surface area contributed by atoms with Crippen molar-refractivity contribution in [2.75, 3.05) is 0 Å². The Morgan fingerprint density at radius 3 is 2.47 bits per heavy atom. The molecule has 3 nitrogen and oxygen atoms in total. The molecular weight excluding hydrogens is 188 g/mol. The van der Waals surface area contributed by atoms with Gasteiger partial charge >= 0.3 is 0 Å². The molecule has 0 aliphatic rings. The summed E-state index contributed by atoms with van der Waals surface area (Å²) in [6.45, 7) is 2.06. The Morgan fingerprint density at radius 1 is 1.47 bits per heavy atom. The normalized spacial score (nSPS) is 10.8. The highest BCUT2D eigenvalue weighted by molar-refractivity contribution is 6.00. The number of primary amides is 1. The molecule has 0 aliphatic carbocycles. The van der Waals surface area contributed by atoms with Crippen molar-refractivity contribution < 1.29 is 4.79 Å². The number of benzene rings is 1. The Bertz CT molecular complexity index is 424. The number of hydrogen-bond donors (Lipinski definition) is 1. The molecule has 0 aromatic heterocycles. The SMILES string of the molecule is CCc1ccc(/C=C(\C#N)C(N)=O)cc1. The zero-order chi connectivity index (χ0) is 11.3. The van der Waals surface area contributed by atoms with E-state index in [-0.39, 0.29) is 5.57 Å². The lowest BCUT2D eigenvalue weighted by Crippen LogP contribution is -2.12. The summed E-state index contributed by atoms with van der Waals surface area (Å²) in [7, 11) is 0. The Labute approximate surface area is 88.8 Å². The standard InChI is InChI=1S/C12H12N2O/c1-2-9-3-5-10(6-4-9)7-11(8-13)12(14)15/h3-7H,2H2,1H3,(H2,14,15)/b11-7+. The van der Waals surface area contributed by atoms with Crippen molar-refractivity contribution in [2.45, 2.75) is 13.3 Å². The van der Waals surface area contributed by atoms with Crippen LogP contribution in [0.3, 0.4) is 0 Å². The third-order valence-corrected chi connectivity index (χ3v) is 2.08. The largest absolute Gasteiger partial charge is 0.365 e. The second-order valence-corrected chi connectivity index (χ2v) is 3.13. The van der Waals surface area contributed by atoms with Gasteiger partial charge in [-0.3, -0.25) is 4.79 Å². The molecular formula is C12H12N2O. The van der Waals surface area contributed by atoms with Crippen molar-refractivity contribution >= 4 is 12.0 Å². The van der Waals surface area contributed by atoms with Crippen molar-refractivity contribution in [1.29, 1.82) is 5.26 Å². The summed E-state index contributed by atoms with van der Waals surface area (Å²) in [6, 6.07) is 9.41. The quantitative estimate of drug-likeness (QED) is 0.595. The number of rotatable bonds is 3. The summed E-state index contributed by atoms with van der Waals surface area (Å²) in [6.07, 6.45) is 2.45. The first kappa shape index (κ1) is 11.0. The first-order valence-corrected chi connectivity index (χ1v) is 4.68. The zero-order valence-corrected chi connectivity index (χ0v) is 8.53. The Morgan fingerprint density at radius 2 is 2.07 bits per heavy atom. The summed E-state index contributed by atoms with van der Waals surface area (Å²) in [5, 5.41) is 8.64. The van der Waals surface area contributed by atoms with Crippen LogP contribution in [0, 0.1) is 11.3 Å². The summed E-state index contributed by atoms with van der Waals surface area (Å²) >= 11 is 0. The molecule has 1 aromatic rings. The van der Waals surface area contributed by atoms with Gasteiger partial charge in [-0.25, -0.2) is 0 Å². The van der Waals surface area contributed by atoms with Crippen LogP contribution in [0.5, 0.6) is 0 Å². The molecule has 3 heteroatoms. The number of carbonyl (C=O) groups excluding carboxylic acids is 1. The lowest BCUT2D eigenvalue weighted by molar-refractivity contribution is -0.114. The molecule has 2 N–H and O–H groups in total. The van der Waals surface area contributed by atoms with E-state index in [2.05, 4.69) is 6.92 Å². The summed E-state index contributed by atoms with van der Waals surface area (Å²) < 4.78 is 0. The van der Waals surface area contributed by atoms with Crippen LogP contribution in [-0.4, -0.2) is 5.91 Å². The highest BCUT2D eigenvalue weighted by Gasteiger charge is 2.02. The van der Waals surface area contributed by atoms with Gasteiger partial charge in [-0.05, 0) is 23.6 Å². The molecule has 76 valence electrons. The third-order valence-electron chi connectivity index (χ3n) is 2.08. The molecule has 1 amide bonds. The van der Waals surface area contributed by atoms with E-state index in [1.54, 1.807) is 6.07 Å². The van der Waals surface area contributed by atoms with Crippen molar-refractivity contribution in [3.05, 3.63) is 41.0 Å². The van der Waals surface area contributed by atoms with E-state index in [9.17, 15) is 4.79 Å². The van der Waals surface area contributed by atoms with Gasteiger partial charge in [0.25, 0.3) is 5.91 Å². The van der Waals surface area contributed by atoms with E-state index in [1.807, 2.05) is 24.3 Å². The second-order valence-electron chi connectivity index (χ2n) is 3.13. The van der Waals surface area contributed by atoms with Crippen molar-refractivity contribution in [3.8, 4) is 6.07 Å². The molecule has 1 aromatic carbocycles. The number of nitriles is 1. The van der Waals surface area contributed by atoms with Crippen LogP contribution in [0.1, 0.15) is 18.1 Å². The van der Waals surface area contributed by atoms with Gasteiger partial charge in [-0.15, -0.1) is 0 Å². The summed E-state index contributed by atoms with van der Waals surface area (Å²) in [4.78, 5) is 10.8. The maximum Gasteiger partial charge on any atom is 0.259 e. The minimum atomic E-state index is -0.697.